The van der Waals surface area contributed by atoms with Crippen molar-refractivity contribution in [1.29, 1.82) is 0 Å². The van der Waals surface area contributed by atoms with E-state index in [9.17, 15) is 4.79 Å². The summed E-state index contributed by atoms with van der Waals surface area (Å²) in [5.74, 6) is 0. The number of halogens is 1. The first-order chi connectivity index (χ1) is 7.79. The molecule has 0 unspecified atom stereocenters. The molecule has 0 aliphatic carbocycles. The molecule has 0 radical (unpaired) electrons. The van der Waals surface area contributed by atoms with Crippen molar-refractivity contribution < 1.29 is 4.79 Å². The molecule has 2 heterocycles. The molecule has 2 rings (SSSR count). The van der Waals surface area contributed by atoms with Gasteiger partial charge in [0.15, 0.2) is 11.4 Å². The predicted octanol–water partition coefficient (Wildman–Crippen LogP) is 2.49. The number of pyridine rings is 1. The third-order valence-electron chi connectivity index (χ3n) is 1.70. The Balaban J connectivity index is 2.21. The number of hydrogen-bond acceptors (Lipinski definition) is 5. The van der Waals surface area contributed by atoms with E-state index in [1.807, 2.05) is 0 Å². The monoisotopic (exact) mass is 251 g/mol. The van der Waals surface area contributed by atoms with Crippen LogP contribution in [0.15, 0.2) is 40.9 Å². The van der Waals surface area contributed by atoms with Gasteiger partial charge >= 0.3 is 0 Å². The highest BCUT2D eigenvalue weighted by Crippen LogP contribution is 2.28. The minimum atomic E-state index is 0.441. The Morgan fingerprint density at radius 1 is 1.25 bits per heavy atom. The minimum absolute atomic E-state index is 0.441. The minimum Gasteiger partial charge on any atom is -0.298 e. The van der Waals surface area contributed by atoms with Crippen molar-refractivity contribution in [3.8, 4) is 0 Å². The van der Waals surface area contributed by atoms with Crippen molar-refractivity contribution in [3.63, 3.8) is 0 Å². The van der Waals surface area contributed by atoms with Gasteiger partial charge in [-0.15, -0.1) is 0 Å². The van der Waals surface area contributed by atoms with Gasteiger partial charge in [0.2, 0.25) is 0 Å². The van der Waals surface area contributed by atoms with Gasteiger partial charge in [-0.25, -0.2) is 15.0 Å². The molecule has 2 aromatic rings. The first kappa shape index (κ1) is 11.0. The summed E-state index contributed by atoms with van der Waals surface area (Å²) in [6.45, 7) is 0. The highest BCUT2D eigenvalue weighted by Gasteiger charge is 2.05. The average molecular weight is 252 g/mol. The molecule has 16 heavy (non-hydrogen) atoms. The summed E-state index contributed by atoms with van der Waals surface area (Å²) in [4.78, 5) is 22.5. The summed E-state index contributed by atoms with van der Waals surface area (Å²) < 4.78 is 0. The maximum absolute atomic E-state index is 10.4. The van der Waals surface area contributed by atoms with E-state index in [0.29, 0.717) is 27.1 Å². The van der Waals surface area contributed by atoms with E-state index in [4.69, 9.17) is 11.6 Å². The molecule has 0 spiro atoms. The lowest BCUT2D eigenvalue weighted by molar-refractivity contribution is 0.112. The Hall–Kier alpha value is -1.46. The highest BCUT2D eigenvalue weighted by molar-refractivity contribution is 7.99. The third-order valence-corrected chi connectivity index (χ3v) is 3.03. The SMILES string of the molecule is O=Cc1cnc(Sc2ncccc2Cl)nc1. The number of carbonyl (C=O) groups excluding carboxylic acids is 1. The molecule has 0 fully saturated rings. The second-order valence-electron chi connectivity index (χ2n) is 2.81. The molecule has 0 saturated heterocycles. The van der Waals surface area contributed by atoms with Gasteiger partial charge in [-0.05, 0) is 23.9 Å². The van der Waals surface area contributed by atoms with Crippen molar-refractivity contribution in [1.82, 2.24) is 15.0 Å². The standard InChI is InChI=1S/C10H6ClN3OS/c11-8-2-1-3-12-9(8)16-10-13-4-7(6-15)5-14-10/h1-6H. The molecular formula is C10H6ClN3OS. The third kappa shape index (κ3) is 2.56. The summed E-state index contributed by atoms with van der Waals surface area (Å²) in [5.41, 5.74) is 0.441. The summed E-state index contributed by atoms with van der Waals surface area (Å²) in [6, 6.07) is 3.50. The number of aldehydes is 1. The summed E-state index contributed by atoms with van der Waals surface area (Å²) in [6.07, 6.45) is 5.26. The van der Waals surface area contributed by atoms with Crippen LogP contribution in [0.3, 0.4) is 0 Å². The maximum Gasteiger partial charge on any atom is 0.193 e. The lowest BCUT2D eigenvalue weighted by atomic mass is 10.4. The summed E-state index contributed by atoms with van der Waals surface area (Å²) >= 11 is 7.19. The van der Waals surface area contributed by atoms with E-state index in [1.165, 1.54) is 24.2 Å². The van der Waals surface area contributed by atoms with E-state index >= 15 is 0 Å². The van der Waals surface area contributed by atoms with Gasteiger partial charge < -0.3 is 0 Å². The van der Waals surface area contributed by atoms with Gasteiger partial charge in [-0.3, -0.25) is 4.79 Å². The first-order valence-electron chi connectivity index (χ1n) is 4.35. The summed E-state index contributed by atoms with van der Waals surface area (Å²) in [5, 5.41) is 1.70. The Bertz CT molecular complexity index is 504. The molecule has 0 aliphatic heterocycles. The van der Waals surface area contributed by atoms with Crippen molar-refractivity contribution in [2.75, 3.05) is 0 Å². The summed E-state index contributed by atoms with van der Waals surface area (Å²) in [7, 11) is 0. The fraction of sp³-hybridized carbons (Fsp3) is 0. The second-order valence-corrected chi connectivity index (χ2v) is 4.17. The van der Waals surface area contributed by atoms with Crippen molar-refractivity contribution in [2.45, 2.75) is 10.2 Å². The van der Waals surface area contributed by atoms with Gasteiger partial charge in [0, 0.05) is 18.6 Å². The zero-order valence-electron chi connectivity index (χ0n) is 8.00. The number of nitrogens with zero attached hydrogens (tertiary/aromatic N) is 3. The molecule has 2 aromatic heterocycles. The molecule has 0 atom stereocenters. The first-order valence-corrected chi connectivity index (χ1v) is 5.54. The van der Waals surface area contributed by atoms with Crippen LogP contribution >= 0.6 is 23.4 Å². The van der Waals surface area contributed by atoms with Crippen molar-refractivity contribution in [3.05, 3.63) is 41.3 Å². The number of hydrogen-bond donors (Lipinski definition) is 0. The van der Waals surface area contributed by atoms with Crippen LogP contribution in [0.25, 0.3) is 0 Å². The molecule has 0 bridgehead atoms. The number of aromatic nitrogens is 3. The van der Waals surface area contributed by atoms with Crippen LogP contribution < -0.4 is 0 Å². The van der Waals surface area contributed by atoms with Gasteiger partial charge in [0.1, 0.15) is 5.03 Å². The van der Waals surface area contributed by atoms with Crippen LogP contribution in [0, 0.1) is 0 Å². The number of carbonyl (C=O) groups is 1. The zero-order valence-corrected chi connectivity index (χ0v) is 9.57. The van der Waals surface area contributed by atoms with Crippen LogP contribution in [0.4, 0.5) is 0 Å². The van der Waals surface area contributed by atoms with Gasteiger partial charge in [-0.1, -0.05) is 11.6 Å². The molecule has 4 nitrogen and oxygen atoms in total. The van der Waals surface area contributed by atoms with E-state index in [0.717, 1.165) is 0 Å². The quantitative estimate of drug-likeness (QED) is 0.620. The second kappa shape index (κ2) is 5.05. The van der Waals surface area contributed by atoms with E-state index in [2.05, 4.69) is 15.0 Å². The predicted molar refractivity (Wildman–Crippen MR) is 60.8 cm³/mol. The Morgan fingerprint density at radius 2 is 2.00 bits per heavy atom. The molecule has 6 heteroatoms. The van der Waals surface area contributed by atoms with E-state index in [-0.39, 0.29) is 0 Å². The van der Waals surface area contributed by atoms with E-state index in [1.54, 1.807) is 18.3 Å². The van der Waals surface area contributed by atoms with Crippen molar-refractivity contribution >= 4 is 29.6 Å². The Kier molecular flexibility index (Phi) is 3.48. The fourth-order valence-electron chi connectivity index (χ4n) is 0.973. The normalized spacial score (nSPS) is 10.1. The van der Waals surface area contributed by atoms with Gasteiger partial charge in [0.05, 0.1) is 10.6 Å². The molecule has 0 saturated carbocycles. The number of rotatable bonds is 3. The van der Waals surface area contributed by atoms with Crippen LogP contribution in [-0.2, 0) is 0 Å². The lowest BCUT2D eigenvalue weighted by Gasteiger charge is -2.00. The highest BCUT2D eigenvalue weighted by atomic mass is 35.5. The molecular weight excluding hydrogens is 246 g/mol. The smallest absolute Gasteiger partial charge is 0.193 e. The van der Waals surface area contributed by atoms with Crippen LogP contribution in [0.5, 0.6) is 0 Å². The zero-order chi connectivity index (χ0) is 11.4. The Labute approximate surface area is 101 Å². The van der Waals surface area contributed by atoms with E-state index < -0.39 is 0 Å². The molecule has 80 valence electrons. The molecule has 0 aliphatic rings. The van der Waals surface area contributed by atoms with Crippen molar-refractivity contribution in [2.24, 2.45) is 0 Å². The van der Waals surface area contributed by atoms with Gasteiger partial charge in [0.25, 0.3) is 0 Å². The maximum atomic E-state index is 10.4. The average Bonchev–Trinajstić information content (AvgIpc) is 2.33. The van der Waals surface area contributed by atoms with Crippen LogP contribution in [0.2, 0.25) is 5.02 Å². The molecule has 0 amide bonds. The topological polar surface area (TPSA) is 55.7 Å². The van der Waals surface area contributed by atoms with Crippen LogP contribution in [0.1, 0.15) is 10.4 Å². The lowest BCUT2D eigenvalue weighted by Crippen LogP contribution is -1.90. The Morgan fingerprint density at radius 3 is 2.62 bits per heavy atom. The fourth-order valence-corrected chi connectivity index (χ4v) is 1.87. The molecule has 0 N–H and O–H groups in total. The largest absolute Gasteiger partial charge is 0.298 e. The van der Waals surface area contributed by atoms with Gasteiger partial charge in [-0.2, -0.15) is 0 Å². The molecule has 0 aromatic carbocycles. The van der Waals surface area contributed by atoms with Crippen LogP contribution in [-0.4, -0.2) is 21.2 Å².